The van der Waals surface area contributed by atoms with E-state index in [0.29, 0.717) is 42.7 Å². The van der Waals surface area contributed by atoms with Crippen molar-refractivity contribution in [3.63, 3.8) is 0 Å². The summed E-state index contributed by atoms with van der Waals surface area (Å²) in [5, 5.41) is 15.6. The lowest BCUT2D eigenvalue weighted by Gasteiger charge is -2.16. The summed E-state index contributed by atoms with van der Waals surface area (Å²) in [7, 11) is 0. The van der Waals surface area contributed by atoms with Crippen LogP contribution in [0.25, 0.3) is 11.1 Å². The lowest BCUT2D eigenvalue weighted by Crippen LogP contribution is -2.17. The number of nitrogens with one attached hydrogen (secondary N) is 2. The summed E-state index contributed by atoms with van der Waals surface area (Å²) in [5.41, 5.74) is 8.91. The van der Waals surface area contributed by atoms with Gasteiger partial charge < -0.3 is 21.1 Å². The van der Waals surface area contributed by atoms with Crippen LogP contribution in [0.3, 0.4) is 0 Å². The van der Waals surface area contributed by atoms with Crippen molar-refractivity contribution >= 4 is 23.2 Å². The molecule has 4 N–H and O–H groups in total. The predicted octanol–water partition coefficient (Wildman–Crippen LogP) is 4.87. The zero-order valence-electron chi connectivity index (χ0n) is 19.5. The highest BCUT2D eigenvalue weighted by molar-refractivity contribution is 6.04. The van der Waals surface area contributed by atoms with Gasteiger partial charge in [-0.3, -0.25) is 4.79 Å². The molecule has 8 heteroatoms. The Kier molecular flexibility index (Phi) is 8.95. The number of aromatic nitrogens is 2. The van der Waals surface area contributed by atoms with Crippen LogP contribution in [0.15, 0.2) is 54.7 Å². The Bertz CT molecular complexity index is 1130. The van der Waals surface area contributed by atoms with E-state index in [1.54, 1.807) is 6.20 Å². The fourth-order valence-electron chi connectivity index (χ4n) is 3.50. The highest BCUT2D eigenvalue weighted by atomic mass is 16.5. The summed E-state index contributed by atoms with van der Waals surface area (Å²) in [5.74, 6) is 0.507. The largest absolute Gasteiger partial charge is 0.375 e. The number of ether oxygens (including phenoxy) is 1. The fourth-order valence-corrected chi connectivity index (χ4v) is 3.50. The van der Waals surface area contributed by atoms with E-state index in [-0.39, 0.29) is 11.5 Å². The number of carbonyl (C=O) groups is 1. The van der Waals surface area contributed by atoms with Crippen LogP contribution in [0.1, 0.15) is 42.7 Å². The number of anilines is 3. The first-order valence-electron chi connectivity index (χ1n) is 11.4. The van der Waals surface area contributed by atoms with E-state index in [1.165, 1.54) is 0 Å². The molecule has 0 aliphatic heterocycles. The average molecular weight is 459 g/mol. The molecule has 8 nitrogen and oxygen atoms in total. The fraction of sp³-hybridized carbons (Fsp3) is 0.308. The van der Waals surface area contributed by atoms with Crippen molar-refractivity contribution in [1.29, 1.82) is 5.26 Å². The highest BCUT2D eigenvalue weighted by Gasteiger charge is 2.19. The first-order valence-corrected chi connectivity index (χ1v) is 11.4. The number of rotatable bonds is 12. The Labute approximate surface area is 200 Å². The van der Waals surface area contributed by atoms with Crippen LogP contribution >= 0.6 is 0 Å². The zero-order chi connectivity index (χ0) is 24.3. The maximum absolute atomic E-state index is 12.5. The van der Waals surface area contributed by atoms with Crippen LogP contribution in [-0.4, -0.2) is 29.0 Å². The third-order valence-electron chi connectivity index (χ3n) is 5.36. The number of hydrogen-bond donors (Lipinski definition) is 3. The van der Waals surface area contributed by atoms with Crippen molar-refractivity contribution in [3.05, 3.63) is 66.0 Å². The number of nitriles is 1. The smallest absolute Gasteiger partial charge is 0.253 e. The van der Waals surface area contributed by atoms with Crippen LogP contribution < -0.4 is 16.4 Å². The number of amides is 1. The lowest BCUT2D eigenvalue weighted by atomic mass is 10.00. The van der Waals surface area contributed by atoms with Gasteiger partial charge in [0.05, 0.1) is 23.9 Å². The molecule has 1 atom stereocenters. The molecule has 0 saturated heterocycles. The van der Waals surface area contributed by atoms with Crippen LogP contribution in [-0.2, 0) is 11.3 Å². The first kappa shape index (κ1) is 24.7. The van der Waals surface area contributed by atoms with Crippen molar-refractivity contribution in [2.75, 3.05) is 23.8 Å². The standard InChI is InChI=1S/C26H30N6O2/c1-3-18(15-27)12-13-29-23-11-10-19(16-30-23)22-14-21(17-34-4-2)32-26(24(22)25(28)33)31-20-8-6-5-7-9-20/h5-11,14,16,18H,3-4,12-13,17H2,1-2H3,(H2,28,33)(H,29,30)(H,31,32). The van der Waals surface area contributed by atoms with Gasteiger partial charge in [0.2, 0.25) is 0 Å². The number of nitrogens with zero attached hydrogens (tertiary/aromatic N) is 3. The number of carbonyl (C=O) groups excluding carboxylic acids is 1. The molecule has 3 aromatic rings. The molecule has 0 bridgehead atoms. The Hall–Kier alpha value is -3.96. The number of para-hydroxylation sites is 1. The van der Waals surface area contributed by atoms with E-state index in [9.17, 15) is 4.79 Å². The Morgan fingerprint density at radius 3 is 2.62 bits per heavy atom. The second-order valence-electron chi connectivity index (χ2n) is 7.76. The van der Waals surface area contributed by atoms with E-state index in [1.807, 2.05) is 62.4 Å². The second kappa shape index (κ2) is 12.3. The number of nitrogens with two attached hydrogens (primary N) is 1. The average Bonchev–Trinajstić information content (AvgIpc) is 2.86. The quantitative estimate of drug-likeness (QED) is 0.353. The molecular weight excluding hydrogens is 428 g/mol. The van der Waals surface area contributed by atoms with Gasteiger partial charge in [0.15, 0.2) is 0 Å². The van der Waals surface area contributed by atoms with E-state index < -0.39 is 5.91 Å². The minimum absolute atomic E-state index is 0.0287. The van der Waals surface area contributed by atoms with Gasteiger partial charge in [-0.2, -0.15) is 5.26 Å². The Morgan fingerprint density at radius 1 is 1.21 bits per heavy atom. The van der Waals surface area contributed by atoms with Crippen LogP contribution in [0.4, 0.5) is 17.3 Å². The third-order valence-corrected chi connectivity index (χ3v) is 5.36. The van der Waals surface area contributed by atoms with Crippen LogP contribution in [0, 0.1) is 17.2 Å². The molecule has 0 fully saturated rings. The lowest BCUT2D eigenvalue weighted by molar-refractivity contribution is 0.100. The molecule has 176 valence electrons. The first-order chi connectivity index (χ1) is 16.5. The van der Waals surface area contributed by atoms with Gasteiger partial charge in [-0.1, -0.05) is 25.1 Å². The van der Waals surface area contributed by atoms with Crippen LogP contribution in [0.5, 0.6) is 0 Å². The molecule has 1 aromatic carbocycles. The highest BCUT2D eigenvalue weighted by Crippen LogP contribution is 2.31. The number of benzene rings is 1. The third kappa shape index (κ3) is 6.53. The topological polar surface area (TPSA) is 126 Å². The maximum atomic E-state index is 12.5. The Balaban J connectivity index is 1.93. The molecule has 0 radical (unpaired) electrons. The molecule has 2 aromatic heterocycles. The normalized spacial score (nSPS) is 11.4. The minimum Gasteiger partial charge on any atom is -0.375 e. The summed E-state index contributed by atoms with van der Waals surface area (Å²) in [6, 6.07) is 17.3. The van der Waals surface area contributed by atoms with Crippen molar-refractivity contribution in [2.45, 2.75) is 33.3 Å². The van der Waals surface area contributed by atoms with E-state index >= 15 is 0 Å². The van der Waals surface area contributed by atoms with Gasteiger partial charge in [-0.25, -0.2) is 9.97 Å². The predicted molar refractivity (Wildman–Crippen MR) is 134 cm³/mol. The Morgan fingerprint density at radius 2 is 2.00 bits per heavy atom. The molecule has 3 rings (SSSR count). The maximum Gasteiger partial charge on any atom is 0.253 e. The number of primary amides is 1. The van der Waals surface area contributed by atoms with E-state index in [0.717, 1.165) is 24.1 Å². The second-order valence-corrected chi connectivity index (χ2v) is 7.76. The molecule has 1 amide bonds. The molecule has 0 aliphatic carbocycles. The van der Waals surface area contributed by atoms with Gasteiger partial charge in [0.1, 0.15) is 11.6 Å². The molecule has 0 aliphatic rings. The van der Waals surface area contributed by atoms with Gasteiger partial charge >= 0.3 is 0 Å². The summed E-state index contributed by atoms with van der Waals surface area (Å²) in [4.78, 5) is 21.6. The van der Waals surface area contributed by atoms with Gasteiger partial charge in [0.25, 0.3) is 5.91 Å². The van der Waals surface area contributed by atoms with E-state index in [2.05, 4.69) is 26.7 Å². The summed E-state index contributed by atoms with van der Waals surface area (Å²) in [6.45, 7) is 5.42. The van der Waals surface area contributed by atoms with E-state index in [4.69, 9.17) is 15.7 Å². The van der Waals surface area contributed by atoms with Gasteiger partial charge in [-0.15, -0.1) is 0 Å². The van der Waals surface area contributed by atoms with Crippen molar-refractivity contribution < 1.29 is 9.53 Å². The van der Waals surface area contributed by atoms with Gasteiger partial charge in [-0.05, 0) is 50.1 Å². The monoisotopic (exact) mass is 458 g/mol. The summed E-state index contributed by atoms with van der Waals surface area (Å²) < 4.78 is 5.56. The van der Waals surface area contributed by atoms with Crippen molar-refractivity contribution in [2.24, 2.45) is 11.7 Å². The van der Waals surface area contributed by atoms with Crippen molar-refractivity contribution in [3.8, 4) is 17.2 Å². The minimum atomic E-state index is -0.590. The molecule has 0 spiro atoms. The molecule has 1 unspecified atom stereocenters. The summed E-state index contributed by atoms with van der Waals surface area (Å²) >= 11 is 0. The zero-order valence-corrected chi connectivity index (χ0v) is 19.5. The van der Waals surface area contributed by atoms with Crippen LogP contribution in [0.2, 0.25) is 0 Å². The molecule has 34 heavy (non-hydrogen) atoms. The van der Waals surface area contributed by atoms with Crippen molar-refractivity contribution in [1.82, 2.24) is 9.97 Å². The molecule has 0 saturated carbocycles. The number of pyridine rings is 2. The summed E-state index contributed by atoms with van der Waals surface area (Å²) in [6.07, 6.45) is 3.27. The number of hydrogen-bond acceptors (Lipinski definition) is 7. The van der Waals surface area contributed by atoms with Gasteiger partial charge in [0, 0.05) is 42.1 Å². The molecule has 2 heterocycles. The molecular formula is C26H30N6O2. The SMILES string of the molecule is CCOCc1cc(-c2ccc(NCCC(C#N)CC)nc2)c(C(N)=O)c(Nc2ccccc2)n1.